The smallest absolute Gasteiger partial charge is 0.191 e. The fraction of sp³-hybridized carbons (Fsp3) is 0.476. The normalized spacial score (nSPS) is 16.4. The van der Waals surface area contributed by atoms with Crippen molar-refractivity contribution in [3.63, 3.8) is 0 Å². The molecule has 1 saturated heterocycles. The number of guanidine groups is 1. The summed E-state index contributed by atoms with van der Waals surface area (Å²) < 4.78 is 5.71. The third-order valence-electron chi connectivity index (χ3n) is 4.97. The number of furan rings is 1. The van der Waals surface area contributed by atoms with E-state index in [4.69, 9.17) is 4.42 Å². The monoisotopic (exact) mass is 482 g/mol. The number of rotatable bonds is 6. The summed E-state index contributed by atoms with van der Waals surface area (Å²) in [5, 5.41) is 6.87. The highest BCUT2D eigenvalue weighted by molar-refractivity contribution is 14.0. The molecule has 0 radical (unpaired) electrons. The van der Waals surface area contributed by atoms with Crippen LogP contribution >= 0.6 is 24.0 Å². The van der Waals surface area contributed by atoms with Crippen LogP contribution < -0.4 is 10.6 Å². The summed E-state index contributed by atoms with van der Waals surface area (Å²) in [4.78, 5) is 6.88. The first-order chi connectivity index (χ1) is 12.8. The fourth-order valence-corrected chi connectivity index (χ4v) is 3.43. The molecule has 1 unspecified atom stereocenters. The summed E-state index contributed by atoms with van der Waals surface area (Å²) >= 11 is 0. The molecule has 0 aliphatic carbocycles. The first-order valence-corrected chi connectivity index (χ1v) is 9.54. The molecular weight excluding hydrogens is 451 g/mol. The van der Waals surface area contributed by atoms with Crippen molar-refractivity contribution >= 4 is 29.9 Å². The lowest BCUT2D eigenvalue weighted by Gasteiger charge is -2.33. The number of nitrogens with zero attached hydrogens (tertiary/aromatic N) is 2. The number of benzene rings is 1. The van der Waals surface area contributed by atoms with E-state index < -0.39 is 0 Å². The first kappa shape index (κ1) is 21.8. The summed E-state index contributed by atoms with van der Waals surface area (Å²) in [7, 11) is 1.81. The number of hydrogen-bond donors (Lipinski definition) is 2. The van der Waals surface area contributed by atoms with Crippen LogP contribution in [0.15, 0.2) is 52.1 Å². The Morgan fingerprint density at radius 1 is 1.11 bits per heavy atom. The van der Waals surface area contributed by atoms with Crippen LogP contribution in [0.1, 0.15) is 42.2 Å². The molecular formula is C21H31IN4O. The van der Waals surface area contributed by atoms with Crippen LogP contribution in [-0.2, 0) is 6.54 Å². The number of aryl methyl sites for hydroxylation is 1. The lowest BCUT2D eigenvalue weighted by Crippen LogP contribution is -2.44. The van der Waals surface area contributed by atoms with Crippen LogP contribution in [0.2, 0.25) is 0 Å². The van der Waals surface area contributed by atoms with Gasteiger partial charge in [-0.15, -0.1) is 24.0 Å². The van der Waals surface area contributed by atoms with E-state index in [0.29, 0.717) is 0 Å². The van der Waals surface area contributed by atoms with Crippen LogP contribution in [0.5, 0.6) is 0 Å². The molecule has 1 aliphatic rings. The average molecular weight is 482 g/mol. The zero-order valence-electron chi connectivity index (χ0n) is 16.3. The van der Waals surface area contributed by atoms with Crippen LogP contribution in [-0.4, -0.2) is 37.5 Å². The summed E-state index contributed by atoms with van der Waals surface area (Å²) in [6, 6.07) is 12.8. The number of nitrogens with one attached hydrogen (secondary N) is 2. The second-order valence-electron chi connectivity index (χ2n) is 6.92. The maximum Gasteiger partial charge on any atom is 0.191 e. The Hall–Kier alpha value is -1.54. The largest absolute Gasteiger partial charge is 0.468 e. The van der Waals surface area contributed by atoms with Gasteiger partial charge in [0.05, 0.1) is 12.3 Å². The Bertz CT molecular complexity index is 679. The molecule has 1 aliphatic heterocycles. The molecule has 2 aromatic rings. The van der Waals surface area contributed by atoms with Crippen molar-refractivity contribution < 1.29 is 4.42 Å². The van der Waals surface area contributed by atoms with Gasteiger partial charge in [0.15, 0.2) is 5.96 Å². The molecule has 1 fully saturated rings. The van der Waals surface area contributed by atoms with Crippen LogP contribution in [0.4, 0.5) is 0 Å². The topological polar surface area (TPSA) is 52.8 Å². The fourth-order valence-electron chi connectivity index (χ4n) is 3.43. The molecule has 27 heavy (non-hydrogen) atoms. The molecule has 148 valence electrons. The van der Waals surface area contributed by atoms with E-state index in [-0.39, 0.29) is 30.0 Å². The van der Waals surface area contributed by atoms with Gasteiger partial charge in [-0.25, -0.2) is 0 Å². The number of aliphatic imine (C=N–C) groups is 1. The van der Waals surface area contributed by atoms with Crippen molar-refractivity contribution in [2.24, 2.45) is 4.99 Å². The third-order valence-corrected chi connectivity index (χ3v) is 4.97. The van der Waals surface area contributed by atoms with Gasteiger partial charge in [0.2, 0.25) is 0 Å². The Morgan fingerprint density at radius 3 is 2.48 bits per heavy atom. The van der Waals surface area contributed by atoms with Gasteiger partial charge in [-0.3, -0.25) is 9.89 Å². The highest BCUT2D eigenvalue weighted by Gasteiger charge is 2.24. The maximum atomic E-state index is 5.71. The maximum absolute atomic E-state index is 5.71. The lowest BCUT2D eigenvalue weighted by atomic mass is 10.1. The molecule has 1 aromatic carbocycles. The van der Waals surface area contributed by atoms with E-state index in [0.717, 1.165) is 37.9 Å². The van der Waals surface area contributed by atoms with E-state index in [1.165, 1.54) is 30.4 Å². The molecule has 0 bridgehead atoms. The number of piperidine rings is 1. The Balaban J connectivity index is 0.00000261. The molecule has 5 nitrogen and oxygen atoms in total. The number of likely N-dealkylation sites (tertiary alicyclic amines) is 1. The standard InChI is InChI=1S/C21H30N4O.HI/c1-17-8-10-18(11-9-17)15-23-21(22-2)24-16-19(20-7-6-14-26-20)25-12-4-3-5-13-25;/h6-11,14,19H,3-5,12-13,15-16H2,1-2H3,(H2,22,23,24);1H. The second-order valence-corrected chi connectivity index (χ2v) is 6.92. The van der Waals surface area contributed by atoms with Crippen molar-refractivity contribution in [1.82, 2.24) is 15.5 Å². The van der Waals surface area contributed by atoms with Gasteiger partial charge in [-0.2, -0.15) is 0 Å². The molecule has 0 spiro atoms. The molecule has 1 atom stereocenters. The minimum Gasteiger partial charge on any atom is -0.468 e. The summed E-state index contributed by atoms with van der Waals surface area (Å²) in [6.45, 7) is 5.90. The van der Waals surface area contributed by atoms with Crippen LogP contribution in [0.3, 0.4) is 0 Å². The van der Waals surface area contributed by atoms with Crippen molar-refractivity contribution in [1.29, 1.82) is 0 Å². The van der Waals surface area contributed by atoms with Gasteiger partial charge in [-0.05, 0) is 50.6 Å². The molecule has 1 aromatic heterocycles. The zero-order valence-corrected chi connectivity index (χ0v) is 18.6. The van der Waals surface area contributed by atoms with Crippen molar-refractivity contribution in [3.8, 4) is 0 Å². The van der Waals surface area contributed by atoms with Gasteiger partial charge in [0, 0.05) is 20.1 Å². The minimum absolute atomic E-state index is 0. The van der Waals surface area contributed by atoms with Crippen molar-refractivity contribution in [3.05, 3.63) is 59.5 Å². The zero-order chi connectivity index (χ0) is 18.2. The first-order valence-electron chi connectivity index (χ1n) is 9.54. The predicted molar refractivity (Wildman–Crippen MR) is 122 cm³/mol. The van der Waals surface area contributed by atoms with Gasteiger partial charge < -0.3 is 15.1 Å². The van der Waals surface area contributed by atoms with E-state index in [9.17, 15) is 0 Å². The minimum atomic E-state index is 0. The predicted octanol–water partition coefficient (Wildman–Crippen LogP) is 4.10. The van der Waals surface area contributed by atoms with E-state index in [1.54, 1.807) is 6.26 Å². The molecule has 3 rings (SSSR count). The van der Waals surface area contributed by atoms with E-state index in [2.05, 4.69) is 57.8 Å². The van der Waals surface area contributed by atoms with Crippen LogP contribution in [0, 0.1) is 6.92 Å². The van der Waals surface area contributed by atoms with Gasteiger partial charge >= 0.3 is 0 Å². The van der Waals surface area contributed by atoms with Crippen molar-refractivity contribution in [2.45, 2.75) is 38.8 Å². The Labute approximate surface area is 179 Å². The molecule has 0 saturated carbocycles. The Morgan fingerprint density at radius 2 is 1.85 bits per heavy atom. The molecule has 2 N–H and O–H groups in total. The SMILES string of the molecule is CN=C(NCc1ccc(C)cc1)NCC(c1ccco1)N1CCCCC1.I. The highest BCUT2D eigenvalue weighted by atomic mass is 127. The van der Waals surface area contributed by atoms with Gasteiger partial charge in [0.1, 0.15) is 5.76 Å². The second kappa shape index (κ2) is 11.3. The number of halogens is 1. The van der Waals surface area contributed by atoms with E-state index in [1.807, 2.05) is 13.1 Å². The molecule has 0 amide bonds. The lowest BCUT2D eigenvalue weighted by molar-refractivity contribution is 0.146. The summed E-state index contributed by atoms with van der Waals surface area (Å²) in [6.07, 6.45) is 5.61. The van der Waals surface area contributed by atoms with Gasteiger partial charge in [-0.1, -0.05) is 36.2 Å². The van der Waals surface area contributed by atoms with Crippen molar-refractivity contribution in [2.75, 3.05) is 26.7 Å². The average Bonchev–Trinajstić information content (AvgIpc) is 3.21. The highest BCUT2D eigenvalue weighted by Crippen LogP contribution is 2.24. The number of hydrogen-bond acceptors (Lipinski definition) is 3. The van der Waals surface area contributed by atoms with Gasteiger partial charge in [0.25, 0.3) is 0 Å². The quantitative estimate of drug-likeness (QED) is 0.370. The third kappa shape index (κ3) is 6.53. The van der Waals surface area contributed by atoms with Crippen LogP contribution in [0.25, 0.3) is 0 Å². The Kier molecular flexibility index (Phi) is 9.14. The molecule has 2 heterocycles. The summed E-state index contributed by atoms with van der Waals surface area (Å²) in [5.41, 5.74) is 2.52. The van der Waals surface area contributed by atoms with E-state index >= 15 is 0 Å². The molecule has 6 heteroatoms. The summed E-state index contributed by atoms with van der Waals surface area (Å²) in [5.74, 6) is 1.84.